The highest BCUT2D eigenvalue weighted by Gasteiger charge is 2.12. The molecule has 1 heterocycles. The third-order valence-corrected chi connectivity index (χ3v) is 4.53. The molecule has 1 saturated heterocycles. The van der Waals surface area contributed by atoms with Crippen molar-refractivity contribution in [3.8, 4) is 0 Å². The van der Waals surface area contributed by atoms with Crippen molar-refractivity contribution in [2.24, 2.45) is 0 Å². The monoisotopic (exact) mass is 334 g/mol. The van der Waals surface area contributed by atoms with E-state index in [0.717, 1.165) is 26.3 Å². The van der Waals surface area contributed by atoms with Gasteiger partial charge in [0, 0.05) is 38.6 Å². The number of hydrogen-bond donors (Lipinski definition) is 0. The zero-order chi connectivity index (χ0) is 17.6. The van der Waals surface area contributed by atoms with Gasteiger partial charge in [-0.25, -0.2) is 0 Å². The number of nitrogens with zero attached hydrogens (tertiary/aromatic N) is 2. The summed E-state index contributed by atoms with van der Waals surface area (Å²) in [6, 6.07) is 17.4. The number of benzene rings is 2. The van der Waals surface area contributed by atoms with Crippen molar-refractivity contribution in [2.45, 2.75) is 0 Å². The summed E-state index contributed by atoms with van der Waals surface area (Å²) in [7, 11) is 4.11. The molecule has 0 spiro atoms. The summed E-state index contributed by atoms with van der Waals surface area (Å²) in [5, 5.41) is 0. The average Bonchev–Trinajstić information content (AvgIpc) is 2.67. The minimum absolute atomic E-state index is 0.807. The first-order valence-electron chi connectivity index (χ1n) is 8.72. The molecular formula is C22H26N2O. The van der Waals surface area contributed by atoms with E-state index in [1.165, 1.54) is 28.1 Å². The molecule has 0 amide bonds. The highest BCUT2D eigenvalue weighted by Crippen LogP contribution is 2.27. The van der Waals surface area contributed by atoms with Crippen LogP contribution >= 0.6 is 0 Å². The van der Waals surface area contributed by atoms with Gasteiger partial charge in [-0.1, -0.05) is 43.0 Å². The molecular weight excluding hydrogens is 308 g/mol. The van der Waals surface area contributed by atoms with Crippen LogP contribution in [0, 0.1) is 0 Å². The van der Waals surface area contributed by atoms with E-state index in [9.17, 15) is 0 Å². The van der Waals surface area contributed by atoms with E-state index in [4.69, 9.17) is 4.74 Å². The Balaban J connectivity index is 1.85. The Kier molecular flexibility index (Phi) is 5.56. The topological polar surface area (TPSA) is 15.7 Å². The van der Waals surface area contributed by atoms with Gasteiger partial charge in [0.15, 0.2) is 0 Å². The van der Waals surface area contributed by atoms with E-state index >= 15 is 0 Å². The number of rotatable bonds is 5. The molecule has 1 fully saturated rings. The van der Waals surface area contributed by atoms with Gasteiger partial charge in [0.2, 0.25) is 0 Å². The van der Waals surface area contributed by atoms with Crippen molar-refractivity contribution < 1.29 is 4.74 Å². The van der Waals surface area contributed by atoms with Crippen LogP contribution in [-0.2, 0) is 4.74 Å². The van der Waals surface area contributed by atoms with Crippen molar-refractivity contribution in [2.75, 3.05) is 50.2 Å². The zero-order valence-electron chi connectivity index (χ0n) is 15.1. The van der Waals surface area contributed by atoms with E-state index in [0.29, 0.717) is 0 Å². The molecule has 3 nitrogen and oxygen atoms in total. The summed E-state index contributed by atoms with van der Waals surface area (Å²) in [6.45, 7) is 7.41. The Labute approximate surface area is 150 Å². The number of ether oxygens (including phenoxy) is 1. The highest BCUT2D eigenvalue weighted by molar-refractivity contribution is 5.82. The minimum Gasteiger partial charge on any atom is -0.378 e. The zero-order valence-corrected chi connectivity index (χ0v) is 15.1. The summed E-state index contributed by atoms with van der Waals surface area (Å²) in [4.78, 5) is 4.48. The van der Waals surface area contributed by atoms with Crippen LogP contribution < -0.4 is 9.80 Å². The largest absolute Gasteiger partial charge is 0.378 e. The standard InChI is InChI=1S/C22H26N2O/c1-4-5-22(18-6-10-20(11-7-18)23(2)3)19-8-12-21(13-9-19)24-14-16-25-17-15-24/h4-13H,1,14-17H2,2-3H3. The third-order valence-electron chi connectivity index (χ3n) is 4.53. The van der Waals surface area contributed by atoms with Crippen LogP contribution in [0.4, 0.5) is 11.4 Å². The van der Waals surface area contributed by atoms with E-state index in [1.54, 1.807) is 0 Å². The van der Waals surface area contributed by atoms with E-state index in [1.807, 2.05) is 6.08 Å². The first kappa shape index (κ1) is 17.3. The molecule has 25 heavy (non-hydrogen) atoms. The van der Waals surface area contributed by atoms with Gasteiger partial charge in [-0.05, 0) is 41.0 Å². The fraction of sp³-hybridized carbons (Fsp3) is 0.273. The van der Waals surface area contributed by atoms with Crippen LogP contribution in [0.25, 0.3) is 5.57 Å². The van der Waals surface area contributed by atoms with Gasteiger partial charge in [0.1, 0.15) is 0 Å². The second-order valence-electron chi connectivity index (χ2n) is 6.40. The van der Waals surface area contributed by atoms with Crippen molar-refractivity contribution in [3.63, 3.8) is 0 Å². The fourth-order valence-corrected chi connectivity index (χ4v) is 3.09. The van der Waals surface area contributed by atoms with Crippen LogP contribution in [-0.4, -0.2) is 40.4 Å². The molecule has 0 N–H and O–H groups in total. The Morgan fingerprint density at radius 2 is 1.52 bits per heavy atom. The summed E-state index contributed by atoms with van der Waals surface area (Å²) in [6.07, 6.45) is 3.93. The van der Waals surface area contributed by atoms with Crippen LogP contribution in [0.2, 0.25) is 0 Å². The van der Waals surface area contributed by atoms with Crippen molar-refractivity contribution >= 4 is 16.9 Å². The maximum atomic E-state index is 5.43. The quantitative estimate of drug-likeness (QED) is 0.762. The molecule has 0 saturated carbocycles. The Bertz CT molecular complexity index is 724. The predicted octanol–water partition coefficient (Wildman–Crippen LogP) is 4.21. The predicted molar refractivity (Wildman–Crippen MR) is 108 cm³/mol. The van der Waals surface area contributed by atoms with Crippen molar-refractivity contribution in [3.05, 3.63) is 78.4 Å². The second-order valence-corrected chi connectivity index (χ2v) is 6.40. The lowest BCUT2D eigenvalue weighted by Crippen LogP contribution is -2.36. The summed E-state index contributed by atoms with van der Waals surface area (Å²) >= 11 is 0. The van der Waals surface area contributed by atoms with Crippen LogP contribution in [0.1, 0.15) is 11.1 Å². The lowest BCUT2D eigenvalue weighted by Gasteiger charge is -2.29. The van der Waals surface area contributed by atoms with Crippen molar-refractivity contribution in [1.82, 2.24) is 0 Å². The molecule has 0 bridgehead atoms. The Morgan fingerprint density at radius 3 is 2.04 bits per heavy atom. The van der Waals surface area contributed by atoms with E-state index < -0.39 is 0 Å². The Hall–Kier alpha value is -2.52. The minimum atomic E-state index is 0.807. The normalized spacial score (nSPS) is 15.1. The van der Waals surface area contributed by atoms with Gasteiger partial charge in [0.05, 0.1) is 13.2 Å². The van der Waals surface area contributed by atoms with Crippen LogP contribution in [0.15, 0.2) is 67.3 Å². The SMILES string of the molecule is C=CC=C(c1ccc(N(C)C)cc1)c1ccc(N2CCOCC2)cc1. The molecule has 3 rings (SSSR count). The van der Waals surface area contributed by atoms with E-state index in [-0.39, 0.29) is 0 Å². The van der Waals surface area contributed by atoms with Gasteiger partial charge >= 0.3 is 0 Å². The molecule has 2 aromatic rings. The second kappa shape index (κ2) is 8.04. The fourth-order valence-electron chi connectivity index (χ4n) is 3.09. The number of morpholine rings is 1. The Morgan fingerprint density at radius 1 is 0.960 bits per heavy atom. The molecule has 130 valence electrons. The maximum absolute atomic E-state index is 5.43. The van der Waals surface area contributed by atoms with Gasteiger partial charge in [-0.15, -0.1) is 0 Å². The summed E-state index contributed by atoms with van der Waals surface area (Å²) in [5.74, 6) is 0. The molecule has 3 heteroatoms. The molecule has 2 aromatic carbocycles. The molecule has 1 aliphatic rings. The first-order chi connectivity index (χ1) is 12.2. The number of anilines is 2. The highest BCUT2D eigenvalue weighted by atomic mass is 16.5. The molecule has 0 unspecified atom stereocenters. The van der Waals surface area contributed by atoms with Gasteiger partial charge in [-0.3, -0.25) is 0 Å². The smallest absolute Gasteiger partial charge is 0.0642 e. The number of allylic oxidation sites excluding steroid dienone is 2. The molecule has 0 aromatic heterocycles. The first-order valence-corrected chi connectivity index (χ1v) is 8.72. The molecule has 0 radical (unpaired) electrons. The summed E-state index contributed by atoms with van der Waals surface area (Å²) < 4.78 is 5.43. The molecule has 0 atom stereocenters. The number of hydrogen-bond acceptors (Lipinski definition) is 3. The summed E-state index contributed by atoms with van der Waals surface area (Å²) in [5.41, 5.74) is 6.05. The lowest BCUT2D eigenvalue weighted by atomic mass is 9.97. The maximum Gasteiger partial charge on any atom is 0.0642 e. The van der Waals surface area contributed by atoms with Gasteiger partial charge in [0.25, 0.3) is 0 Å². The van der Waals surface area contributed by atoms with E-state index in [2.05, 4.69) is 85.1 Å². The van der Waals surface area contributed by atoms with Crippen molar-refractivity contribution in [1.29, 1.82) is 0 Å². The molecule has 0 aliphatic carbocycles. The van der Waals surface area contributed by atoms with Gasteiger partial charge in [-0.2, -0.15) is 0 Å². The average molecular weight is 334 g/mol. The van der Waals surface area contributed by atoms with Crippen LogP contribution in [0.5, 0.6) is 0 Å². The lowest BCUT2D eigenvalue weighted by molar-refractivity contribution is 0.122. The van der Waals surface area contributed by atoms with Gasteiger partial charge < -0.3 is 14.5 Å². The third kappa shape index (κ3) is 4.12. The molecule has 1 aliphatic heterocycles. The van der Waals surface area contributed by atoms with Crippen LogP contribution in [0.3, 0.4) is 0 Å².